The zero-order chi connectivity index (χ0) is 18.3. The number of hydrogen-bond donors (Lipinski definition) is 4. The van der Waals surface area contributed by atoms with Crippen molar-refractivity contribution in [2.75, 3.05) is 52.5 Å². The van der Waals surface area contributed by atoms with Crippen LogP contribution >= 0.6 is 0 Å². The molecule has 142 valence electrons. The molecular formula is C16H25F3N2O4+2. The Hall–Kier alpha value is -1.55. The highest BCUT2D eigenvalue weighted by molar-refractivity contribution is 5.31. The monoisotopic (exact) mass is 366 g/mol. The van der Waals surface area contributed by atoms with Gasteiger partial charge in [0.25, 0.3) is 0 Å². The van der Waals surface area contributed by atoms with Gasteiger partial charge in [0, 0.05) is 0 Å². The second-order valence-corrected chi connectivity index (χ2v) is 6.16. The smallest absolute Gasteiger partial charge is 0.491 e. The number of aliphatic hydroxyl groups excluding tert-OH is 2. The molecule has 0 aromatic heterocycles. The highest BCUT2D eigenvalue weighted by Crippen LogP contribution is 2.24. The molecule has 9 heteroatoms. The van der Waals surface area contributed by atoms with Gasteiger partial charge in [-0.1, -0.05) is 0 Å². The second kappa shape index (κ2) is 9.23. The maximum Gasteiger partial charge on any atom is 0.573 e. The van der Waals surface area contributed by atoms with Crippen molar-refractivity contribution in [1.82, 2.24) is 0 Å². The van der Waals surface area contributed by atoms with Crippen LogP contribution in [0.25, 0.3) is 0 Å². The molecule has 0 aliphatic carbocycles. The quantitative estimate of drug-likeness (QED) is 0.434. The van der Waals surface area contributed by atoms with Gasteiger partial charge in [-0.3, -0.25) is 0 Å². The van der Waals surface area contributed by atoms with Gasteiger partial charge in [-0.15, -0.1) is 13.2 Å². The van der Waals surface area contributed by atoms with Crippen molar-refractivity contribution < 1.29 is 42.7 Å². The standard InChI is InChI=1S/C16H23F3N2O4/c17-16(18,19)25-15-3-1-14(2-4-15)24-12-13(23)11-21-7-5-20(6-8-21)9-10-22/h1-4,13,22-23H,5-12H2/p+2/t13-/m0/s1. The van der Waals surface area contributed by atoms with Gasteiger partial charge in [0.1, 0.15) is 63.5 Å². The lowest BCUT2D eigenvalue weighted by atomic mass is 10.2. The summed E-state index contributed by atoms with van der Waals surface area (Å²) in [6.07, 6.45) is -5.37. The maximum absolute atomic E-state index is 12.1. The summed E-state index contributed by atoms with van der Waals surface area (Å²) < 4.78 is 45.4. The molecule has 0 amide bonds. The molecule has 0 unspecified atom stereocenters. The molecule has 0 saturated carbocycles. The van der Waals surface area contributed by atoms with Crippen molar-refractivity contribution in [3.8, 4) is 11.5 Å². The molecule has 1 saturated heterocycles. The molecule has 1 aliphatic rings. The van der Waals surface area contributed by atoms with E-state index in [0.29, 0.717) is 12.3 Å². The Morgan fingerprint density at radius 1 is 1.00 bits per heavy atom. The number of nitrogens with one attached hydrogen (secondary N) is 2. The molecule has 1 heterocycles. The van der Waals surface area contributed by atoms with Gasteiger partial charge >= 0.3 is 6.36 Å². The van der Waals surface area contributed by atoms with Gasteiger partial charge in [0.05, 0.1) is 6.61 Å². The highest BCUT2D eigenvalue weighted by atomic mass is 19.4. The summed E-state index contributed by atoms with van der Waals surface area (Å²) in [6, 6.07) is 5.09. The van der Waals surface area contributed by atoms with E-state index in [2.05, 4.69) is 4.74 Å². The van der Waals surface area contributed by atoms with Crippen LogP contribution in [0, 0.1) is 0 Å². The van der Waals surface area contributed by atoms with Gasteiger partial charge in [0.15, 0.2) is 0 Å². The number of benzene rings is 1. The van der Waals surface area contributed by atoms with Crippen LogP contribution in [0.4, 0.5) is 13.2 Å². The predicted molar refractivity (Wildman–Crippen MR) is 82.8 cm³/mol. The summed E-state index contributed by atoms with van der Waals surface area (Å²) >= 11 is 0. The molecule has 25 heavy (non-hydrogen) atoms. The number of rotatable bonds is 8. The first-order valence-electron chi connectivity index (χ1n) is 8.30. The first-order valence-corrected chi connectivity index (χ1v) is 8.30. The van der Waals surface area contributed by atoms with Gasteiger partial charge in [-0.25, -0.2) is 0 Å². The minimum atomic E-state index is -4.72. The summed E-state index contributed by atoms with van der Waals surface area (Å²) in [5.74, 6) is 0.0638. The van der Waals surface area contributed by atoms with E-state index in [1.54, 1.807) is 0 Å². The summed E-state index contributed by atoms with van der Waals surface area (Å²) in [5.41, 5.74) is 0. The number of quaternary nitrogens is 2. The fraction of sp³-hybridized carbons (Fsp3) is 0.625. The molecule has 0 spiro atoms. The van der Waals surface area contributed by atoms with Crippen molar-refractivity contribution >= 4 is 0 Å². The summed E-state index contributed by atoms with van der Waals surface area (Å²) in [7, 11) is 0. The van der Waals surface area contributed by atoms with E-state index < -0.39 is 12.5 Å². The highest BCUT2D eigenvalue weighted by Gasteiger charge is 2.31. The minimum absolute atomic E-state index is 0.0795. The molecule has 1 aromatic carbocycles. The van der Waals surface area contributed by atoms with Crippen LogP contribution < -0.4 is 19.3 Å². The van der Waals surface area contributed by atoms with Crippen LogP contribution in [0.3, 0.4) is 0 Å². The molecular weight excluding hydrogens is 341 g/mol. The number of piperazine rings is 1. The summed E-state index contributed by atoms with van der Waals surface area (Å²) in [6.45, 7) is 5.36. The molecule has 1 atom stereocenters. The Balaban J connectivity index is 1.69. The lowest BCUT2D eigenvalue weighted by molar-refractivity contribution is -1.01. The van der Waals surface area contributed by atoms with Crippen molar-refractivity contribution in [2.45, 2.75) is 12.5 Å². The van der Waals surface area contributed by atoms with Gasteiger partial charge in [-0.05, 0) is 24.3 Å². The average Bonchev–Trinajstić information content (AvgIpc) is 2.55. The van der Waals surface area contributed by atoms with Crippen LogP contribution in [0.2, 0.25) is 0 Å². The Morgan fingerprint density at radius 3 is 2.12 bits per heavy atom. The fourth-order valence-electron chi connectivity index (χ4n) is 2.89. The molecule has 1 aliphatic heterocycles. The van der Waals surface area contributed by atoms with Crippen molar-refractivity contribution in [1.29, 1.82) is 0 Å². The summed E-state index contributed by atoms with van der Waals surface area (Å²) in [4.78, 5) is 2.66. The predicted octanol–water partition coefficient (Wildman–Crippen LogP) is -1.90. The van der Waals surface area contributed by atoms with Crippen molar-refractivity contribution in [3.63, 3.8) is 0 Å². The Labute approximate surface area is 144 Å². The molecule has 6 nitrogen and oxygen atoms in total. The Kier molecular flexibility index (Phi) is 7.30. The Bertz CT molecular complexity index is 505. The van der Waals surface area contributed by atoms with Crippen LogP contribution in [0.15, 0.2) is 24.3 Å². The van der Waals surface area contributed by atoms with Gasteiger partial charge in [0.2, 0.25) is 0 Å². The van der Waals surface area contributed by atoms with Crippen LogP contribution in [0.5, 0.6) is 11.5 Å². The molecule has 2 rings (SSSR count). The van der Waals surface area contributed by atoms with Gasteiger partial charge in [-0.2, -0.15) is 0 Å². The van der Waals surface area contributed by atoms with Crippen molar-refractivity contribution in [2.24, 2.45) is 0 Å². The number of halogens is 3. The van der Waals surface area contributed by atoms with Crippen LogP contribution in [-0.2, 0) is 0 Å². The van der Waals surface area contributed by atoms with E-state index in [1.807, 2.05) is 0 Å². The average molecular weight is 366 g/mol. The van der Waals surface area contributed by atoms with Gasteiger partial charge < -0.3 is 29.5 Å². The van der Waals surface area contributed by atoms with Crippen LogP contribution in [0.1, 0.15) is 0 Å². The number of ether oxygens (including phenoxy) is 2. The van der Waals surface area contributed by atoms with E-state index in [4.69, 9.17) is 9.84 Å². The third-order valence-corrected chi connectivity index (χ3v) is 4.15. The zero-order valence-corrected chi connectivity index (χ0v) is 13.9. The topological polar surface area (TPSA) is 67.8 Å². The summed E-state index contributed by atoms with van der Waals surface area (Å²) in [5, 5.41) is 19.0. The number of aliphatic hydroxyl groups is 2. The largest absolute Gasteiger partial charge is 0.573 e. The lowest BCUT2D eigenvalue weighted by Gasteiger charge is -2.30. The minimum Gasteiger partial charge on any atom is -0.491 e. The molecule has 0 bridgehead atoms. The SMILES string of the molecule is OCC[NH+]1CC[NH+](C[C@H](O)COc2ccc(OC(F)(F)F)cc2)CC1. The van der Waals surface area contributed by atoms with E-state index in [-0.39, 0.29) is 19.0 Å². The van der Waals surface area contributed by atoms with E-state index >= 15 is 0 Å². The van der Waals surface area contributed by atoms with Crippen LogP contribution in [-0.4, -0.2) is 75.2 Å². The zero-order valence-electron chi connectivity index (χ0n) is 13.9. The van der Waals surface area contributed by atoms with E-state index in [9.17, 15) is 18.3 Å². The van der Waals surface area contributed by atoms with Crippen molar-refractivity contribution in [3.05, 3.63) is 24.3 Å². The lowest BCUT2D eigenvalue weighted by Crippen LogP contribution is -3.28. The third kappa shape index (κ3) is 7.47. The second-order valence-electron chi connectivity index (χ2n) is 6.16. The molecule has 4 N–H and O–H groups in total. The normalized spacial score (nSPS) is 22.4. The van der Waals surface area contributed by atoms with E-state index in [0.717, 1.165) is 32.7 Å². The Morgan fingerprint density at radius 2 is 1.56 bits per heavy atom. The first-order chi connectivity index (χ1) is 11.9. The van der Waals surface area contributed by atoms with E-state index in [1.165, 1.54) is 34.1 Å². The number of alkyl halides is 3. The fourth-order valence-corrected chi connectivity index (χ4v) is 2.89. The molecule has 1 aromatic rings. The first kappa shape index (κ1) is 19.8. The molecule has 0 radical (unpaired) electrons. The number of hydrogen-bond acceptors (Lipinski definition) is 4. The molecule has 1 fully saturated rings. The third-order valence-electron chi connectivity index (χ3n) is 4.15. The maximum atomic E-state index is 12.1.